The van der Waals surface area contributed by atoms with E-state index in [1.807, 2.05) is 42.5 Å². The van der Waals surface area contributed by atoms with Crippen LogP contribution in [0.2, 0.25) is 5.02 Å². The van der Waals surface area contributed by atoms with Crippen LogP contribution < -0.4 is 10.1 Å². The van der Waals surface area contributed by atoms with Gasteiger partial charge in [-0.05, 0) is 37.1 Å². The van der Waals surface area contributed by atoms with Crippen molar-refractivity contribution in [1.82, 2.24) is 10.3 Å². The maximum atomic E-state index is 6.06. The average molecular weight is 289 g/mol. The molecule has 0 unspecified atom stereocenters. The molecule has 3 nitrogen and oxygen atoms in total. The summed E-state index contributed by atoms with van der Waals surface area (Å²) in [6.07, 6.45) is 2.57. The van der Waals surface area contributed by atoms with E-state index in [0.717, 1.165) is 17.9 Å². The Labute approximate surface area is 123 Å². The van der Waals surface area contributed by atoms with E-state index >= 15 is 0 Å². The van der Waals surface area contributed by atoms with Crippen LogP contribution in [0.3, 0.4) is 0 Å². The molecule has 0 bridgehead atoms. The van der Waals surface area contributed by atoms with Gasteiger partial charge in [-0.3, -0.25) is 4.98 Å². The van der Waals surface area contributed by atoms with Gasteiger partial charge < -0.3 is 10.1 Å². The molecule has 0 spiro atoms. The summed E-state index contributed by atoms with van der Waals surface area (Å²) in [6, 6.07) is 14.2. The van der Waals surface area contributed by atoms with Crippen LogP contribution in [0, 0.1) is 0 Å². The average Bonchev–Trinajstić information content (AvgIpc) is 3.29. The van der Waals surface area contributed by atoms with Gasteiger partial charge in [0, 0.05) is 12.6 Å². The molecule has 4 heteroatoms. The highest BCUT2D eigenvalue weighted by Crippen LogP contribution is 2.24. The van der Waals surface area contributed by atoms with Crippen LogP contribution in [0.1, 0.15) is 24.2 Å². The van der Waals surface area contributed by atoms with Crippen LogP contribution in [0.4, 0.5) is 0 Å². The molecule has 1 aromatic carbocycles. The van der Waals surface area contributed by atoms with Crippen molar-refractivity contribution in [3.63, 3.8) is 0 Å². The SMILES string of the molecule is Clc1ccccc1OCc1cccc(CNC2CC2)n1. The second kappa shape index (κ2) is 6.25. The topological polar surface area (TPSA) is 34.1 Å². The number of hydrogen-bond donors (Lipinski definition) is 1. The quantitative estimate of drug-likeness (QED) is 0.882. The van der Waals surface area contributed by atoms with Gasteiger partial charge in [0.2, 0.25) is 0 Å². The number of aromatic nitrogens is 1. The fourth-order valence-electron chi connectivity index (χ4n) is 1.96. The largest absolute Gasteiger partial charge is 0.486 e. The van der Waals surface area contributed by atoms with Crippen molar-refractivity contribution < 1.29 is 4.74 Å². The minimum absolute atomic E-state index is 0.432. The Bertz CT molecular complexity index is 584. The Morgan fingerprint density at radius 3 is 2.70 bits per heavy atom. The number of halogens is 1. The molecule has 0 atom stereocenters. The standard InChI is InChI=1S/C16H17ClN2O/c17-15-6-1-2-7-16(15)20-11-14-5-3-4-13(19-14)10-18-12-8-9-12/h1-7,12,18H,8-11H2. The summed E-state index contributed by atoms with van der Waals surface area (Å²) in [6.45, 7) is 1.26. The van der Waals surface area contributed by atoms with Gasteiger partial charge in [-0.15, -0.1) is 0 Å². The lowest BCUT2D eigenvalue weighted by atomic mass is 10.3. The van der Waals surface area contributed by atoms with Crippen molar-refractivity contribution in [3.8, 4) is 5.75 Å². The van der Waals surface area contributed by atoms with Gasteiger partial charge in [0.1, 0.15) is 12.4 Å². The molecular formula is C16H17ClN2O. The van der Waals surface area contributed by atoms with E-state index in [0.29, 0.717) is 23.4 Å². The summed E-state index contributed by atoms with van der Waals surface area (Å²) in [7, 11) is 0. The number of hydrogen-bond acceptors (Lipinski definition) is 3. The Morgan fingerprint density at radius 2 is 1.90 bits per heavy atom. The summed E-state index contributed by atoms with van der Waals surface area (Å²) in [5.41, 5.74) is 1.97. The third-order valence-electron chi connectivity index (χ3n) is 3.23. The summed E-state index contributed by atoms with van der Waals surface area (Å²) >= 11 is 6.06. The zero-order valence-electron chi connectivity index (χ0n) is 11.2. The van der Waals surface area contributed by atoms with Crippen molar-refractivity contribution in [1.29, 1.82) is 0 Å². The number of pyridine rings is 1. The molecule has 2 aromatic rings. The first-order chi connectivity index (χ1) is 9.81. The number of ether oxygens (including phenoxy) is 1. The van der Waals surface area contributed by atoms with Crippen LogP contribution in [0.15, 0.2) is 42.5 Å². The molecule has 1 N–H and O–H groups in total. The Morgan fingerprint density at radius 1 is 1.10 bits per heavy atom. The van der Waals surface area contributed by atoms with Gasteiger partial charge in [0.25, 0.3) is 0 Å². The molecular weight excluding hydrogens is 272 g/mol. The van der Waals surface area contributed by atoms with Gasteiger partial charge in [-0.25, -0.2) is 0 Å². The molecule has 1 heterocycles. The lowest BCUT2D eigenvalue weighted by Gasteiger charge is -2.09. The van der Waals surface area contributed by atoms with Gasteiger partial charge in [-0.1, -0.05) is 29.8 Å². The first kappa shape index (κ1) is 13.4. The molecule has 104 valence electrons. The maximum absolute atomic E-state index is 6.06. The highest BCUT2D eigenvalue weighted by Gasteiger charge is 2.20. The van der Waals surface area contributed by atoms with E-state index < -0.39 is 0 Å². The van der Waals surface area contributed by atoms with Crippen molar-refractivity contribution in [2.24, 2.45) is 0 Å². The third-order valence-corrected chi connectivity index (χ3v) is 3.54. The number of rotatable bonds is 6. The van der Waals surface area contributed by atoms with E-state index in [-0.39, 0.29) is 0 Å². The Kier molecular flexibility index (Phi) is 4.19. The monoisotopic (exact) mass is 288 g/mol. The molecule has 1 aromatic heterocycles. The molecule has 1 fully saturated rings. The zero-order valence-corrected chi connectivity index (χ0v) is 11.9. The first-order valence-corrected chi connectivity index (χ1v) is 7.24. The Balaban J connectivity index is 1.59. The number of nitrogens with zero attached hydrogens (tertiary/aromatic N) is 1. The summed E-state index contributed by atoms with van der Waals surface area (Å²) in [5, 5.41) is 4.08. The molecule has 20 heavy (non-hydrogen) atoms. The summed E-state index contributed by atoms with van der Waals surface area (Å²) < 4.78 is 5.70. The van der Waals surface area contributed by atoms with Crippen molar-refractivity contribution >= 4 is 11.6 Å². The van der Waals surface area contributed by atoms with Gasteiger partial charge in [0.15, 0.2) is 0 Å². The molecule has 1 saturated carbocycles. The molecule has 3 rings (SSSR count). The minimum Gasteiger partial charge on any atom is -0.486 e. The fraction of sp³-hybridized carbons (Fsp3) is 0.312. The molecule has 0 saturated heterocycles. The van der Waals surface area contributed by atoms with E-state index in [9.17, 15) is 0 Å². The van der Waals surface area contributed by atoms with Crippen molar-refractivity contribution in [2.75, 3.05) is 0 Å². The van der Waals surface area contributed by atoms with Crippen LogP contribution in [-0.4, -0.2) is 11.0 Å². The summed E-state index contributed by atoms with van der Waals surface area (Å²) in [4.78, 5) is 4.59. The second-order valence-corrected chi connectivity index (χ2v) is 5.40. The third kappa shape index (κ3) is 3.71. The van der Waals surface area contributed by atoms with E-state index in [2.05, 4.69) is 10.3 Å². The summed E-state index contributed by atoms with van der Waals surface area (Å²) in [5.74, 6) is 0.692. The molecule has 1 aliphatic rings. The number of benzene rings is 1. The predicted octanol–water partition coefficient (Wildman–Crippen LogP) is 3.57. The van der Waals surface area contributed by atoms with Crippen LogP contribution in [0.5, 0.6) is 5.75 Å². The molecule has 0 amide bonds. The first-order valence-electron chi connectivity index (χ1n) is 6.87. The van der Waals surface area contributed by atoms with E-state index in [1.165, 1.54) is 12.8 Å². The smallest absolute Gasteiger partial charge is 0.138 e. The number of nitrogens with one attached hydrogen (secondary N) is 1. The van der Waals surface area contributed by atoms with Crippen molar-refractivity contribution in [3.05, 3.63) is 58.9 Å². The maximum Gasteiger partial charge on any atom is 0.138 e. The van der Waals surface area contributed by atoms with Gasteiger partial charge in [-0.2, -0.15) is 0 Å². The van der Waals surface area contributed by atoms with Crippen LogP contribution >= 0.6 is 11.6 Å². The predicted molar refractivity (Wildman–Crippen MR) is 79.9 cm³/mol. The number of para-hydroxylation sites is 1. The molecule has 0 aliphatic heterocycles. The highest BCUT2D eigenvalue weighted by molar-refractivity contribution is 6.32. The second-order valence-electron chi connectivity index (χ2n) is 4.99. The Hall–Kier alpha value is -1.58. The fourth-order valence-corrected chi connectivity index (χ4v) is 2.15. The van der Waals surface area contributed by atoms with E-state index in [4.69, 9.17) is 16.3 Å². The van der Waals surface area contributed by atoms with Gasteiger partial charge in [0.05, 0.1) is 16.4 Å². The van der Waals surface area contributed by atoms with E-state index in [1.54, 1.807) is 0 Å². The highest BCUT2D eigenvalue weighted by atomic mass is 35.5. The normalized spacial score (nSPS) is 14.2. The lowest BCUT2D eigenvalue weighted by molar-refractivity contribution is 0.301. The van der Waals surface area contributed by atoms with Crippen molar-refractivity contribution in [2.45, 2.75) is 32.0 Å². The van der Waals surface area contributed by atoms with Gasteiger partial charge >= 0.3 is 0 Å². The lowest BCUT2D eigenvalue weighted by Crippen LogP contribution is -2.16. The molecule has 0 radical (unpaired) electrons. The minimum atomic E-state index is 0.432. The van der Waals surface area contributed by atoms with Crippen LogP contribution in [0.25, 0.3) is 0 Å². The van der Waals surface area contributed by atoms with Crippen LogP contribution in [-0.2, 0) is 13.2 Å². The zero-order chi connectivity index (χ0) is 13.8. The molecule has 1 aliphatic carbocycles.